The van der Waals surface area contributed by atoms with E-state index in [-0.39, 0.29) is 17.4 Å². The second-order valence-corrected chi connectivity index (χ2v) is 9.27. The Morgan fingerprint density at radius 1 is 1.03 bits per heavy atom. The monoisotopic (exact) mass is 475 g/mol. The van der Waals surface area contributed by atoms with E-state index in [2.05, 4.69) is 11.0 Å². The number of aryl methyl sites for hydroxylation is 1. The smallest absolute Gasteiger partial charge is 0.293 e. The lowest BCUT2D eigenvalue weighted by Gasteiger charge is -2.40. The average molecular weight is 476 g/mol. The van der Waals surface area contributed by atoms with Crippen molar-refractivity contribution in [3.8, 4) is 5.75 Å². The molecule has 8 heteroatoms. The summed E-state index contributed by atoms with van der Waals surface area (Å²) in [5.41, 5.74) is 2.70. The van der Waals surface area contributed by atoms with E-state index >= 15 is 0 Å². The van der Waals surface area contributed by atoms with Crippen molar-refractivity contribution in [3.05, 3.63) is 58.9 Å². The lowest BCUT2D eigenvalue weighted by atomic mass is 9.96. The largest absolute Gasteiger partial charge is 0.497 e. The first-order valence-electron chi connectivity index (χ1n) is 12.5. The number of fused-ring (bicyclic) bond motifs is 1. The number of anilines is 2. The molecule has 8 nitrogen and oxygen atoms in total. The fourth-order valence-electron chi connectivity index (χ4n) is 5.32. The van der Waals surface area contributed by atoms with E-state index in [1.165, 1.54) is 0 Å². The molecule has 0 N–H and O–H groups in total. The van der Waals surface area contributed by atoms with Gasteiger partial charge in [0.2, 0.25) is 5.91 Å². The van der Waals surface area contributed by atoms with Gasteiger partial charge < -0.3 is 24.0 Å². The molecule has 3 aromatic rings. The summed E-state index contributed by atoms with van der Waals surface area (Å²) in [5.74, 6) is 1.38. The van der Waals surface area contributed by atoms with Crippen LogP contribution in [0.2, 0.25) is 0 Å². The summed E-state index contributed by atoms with van der Waals surface area (Å²) in [4.78, 5) is 37.7. The number of hydrogen-bond donors (Lipinski definition) is 0. The number of methoxy groups -OCH3 is 1. The standard InChI is InChI=1S/C27H33N5O3/c1-3-32-24-12-5-4-11-23(24)28-25(27(32)34)31-13-7-8-20(19-31)26(33)30-16-14-29(15-17-30)21-9-6-10-22(18-21)35-2/h4-6,9-12,18,20H,3,7-8,13-17,19H2,1-2H3/t20-/m0/s1. The van der Waals surface area contributed by atoms with Crippen LogP contribution >= 0.6 is 0 Å². The number of nitrogens with zero attached hydrogens (tertiary/aromatic N) is 5. The Kier molecular flexibility index (Phi) is 6.61. The van der Waals surface area contributed by atoms with Gasteiger partial charge in [-0.1, -0.05) is 18.2 Å². The summed E-state index contributed by atoms with van der Waals surface area (Å²) in [6, 6.07) is 15.8. The second kappa shape index (κ2) is 9.98. The van der Waals surface area contributed by atoms with Crippen LogP contribution in [0.5, 0.6) is 5.75 Å². The fourth-order valence-corrected chi connectivity index (χ4v) is 5.32. The van der Waals surface area contributed by atoms with Crippen molar-refractivity contribution in [3.63, 3.8) is 0 Å². The molecule has 2 aromatic carbocycles. The van der Waals surface area contributed by atoms with Gasteiger partial charge in [-0.2, -0.15) is 0 Å². The third-order valence-corrected chi connectivity index (χ3v) is 7.23. The third kappa shape index (κ3) is 4.57. The number of piperazine rings is 1. The summed E-state index contributed by atoms with van der Waals surface area (Å²) in [6.45, 7) is 6.84. The Balaban J connectivity index is 1.28. The maximum absolute atomic E-state index is 13.5. The molecule has 184 valence electrons. The minimum atomic E-state index is -0.116. The van der Waals surface area contributed by atoms with Crippen LogP contribution in [0.25, 0.3) is 11.0 Å². The zero-order valence-electron chi connectivity index (χ0n) is 20.5. The van der Waals surface area contributed by atoms with Gasteiger partial charge >= 0.3 is 0 Å². The molecule has 2 saturated heterocycles. The Morgan fingerprint density at radius 3 is 2.60 bits per heavy atom. The van der Waals surface area contributed by atoms with Crippen molar-refractivity contribution < 1.29 is 9.53 Å². The molecule has 5 rings (SSSR count). The number of amides is 1. The van der Waals surface area contributed by atoms with Crippen LogP contribution < -0.4 is 20.1 Å². The summed E-state index contributed by atoms with van der Waals surface area (Å²) >= 11 is 0. The second-order valence-electron chi connectivity index (χ2n) is 9.27. The maximum atomic E-state index is 13.5. The number of rotatable bonds is 5. The highest BCUT2D eigenvalue weighted by atomic mass is 16.5. The molecule has 35 heavy (non-hydrogen) atoms. The quantitative estimate of drug-likeness (QED) is 0.565. The molecule has 0 aliphatic carbocycles. The van der Waals surface area contributed by atoms with Gasteiger partial charge in [-0.25, -0.2) is 4.98 Å². The highest BCUT2D eigenvalue weighted by Gasteiger charge is 2.32. The number of benzene rings is 2. The highest BCUT2D eigenvalue weighted by molar-refractivity contribution is 5.80. The van der Waals surface area contributed by atoms with Crippen LogP contribution in [-0.2, 0) is 11.3 Å². The molecule has 0 radical (unpaired) electrons. The maximum Gasteiger partial charge on any atom is 0.293 e. The van der Waals surface area contributed by atoms with Crippen molar-refractivity contribution in [1.29, 1.82) is 0 Å². The van der Waals surface area contributed by atoms with Crippen LogP contribution in [0.3, 0.4) is 0 Å². The Morgan fingerprint density at radius 2 is 1.83 bits per heavy atom. The zero-order valence-corrected chi connectivity index (χ0v) is 20.5. The first-order chi connectivity index (χ1) is 17.1. The SMILES string of the molecule is CCn1c(=O)c(N2CCC[C@H](C(=O)N3CCN(c4cccc(OC)c4)CC3)C2)nc2ccccc21. The highest BCUT2D eigenvalue weighted by Crippen LogP contribution is 2.25. The number of para-hydroxylation sites is 2. The van der Waals surface area contributed by atoms with Gasteiger partial charge in [0.25, 0.3) is 5.56 Å². The topological polar surface area (TPSA) is 70.9 Å². The van der Waals surface area contributed by atoms with Crippen molar-refractivity contribution >= 4 is 28.4 Å². The van der Waals surface area contributed by atoms with Crippen LogP contribution in [0.4, 0.5) is 11.5 Å². The van der Waals surface area contributed by atoms with Gasteiger partial charge in [0.15, 0.2) is 5.82 Å². The number of piperidine rings is 1. The first-order valence-corrected chi connectivity index (χ1v) is 12.5. The van der Waals surface area contributed by atoms with Crippen molar-refractivity contribution in [2.45, 2.75) is 26.3 Å². The van der Waals surface area contributed by atoms with E-state index in [1.807, 2.05) is 59.2 Å². The van der Waals surface area contributed by atoms with Gasteiger partial charge in [-0.05, 0) is 44.0 Å². The summed E-state index contributed by atoms with van der Waals surface area (Å²) in [7, 11) is 1.67. The van der Waals surface area contributed by atoms with Crippen LogP contribution in [0.1, 0.15) is 19.8 Å². The molecule has 1 aromatic heterocycles. The predicted molar refractivity (Wildman–Crippen MR) is 138 cm³/mol. The molecular weight excluding hydrogens is 442 g/mol. The van der Waals surface area contributed by atoms with Crippen LogP contribution in [-0.4, -0.2) is 66.7 Å². The molecule has 2 aliphatic heterocycles. The van der Waals surface area contributed by atoms with Gasteiger partial charge in [0.1, 0.15) is 5.75 Å². The summed E-state index contributed by atoms with van der Waals surface area (Å²) < 4.78 is 7.13. The average Bonchev–Trinajstić information content (AvgIpc) is 2.92. The number of carbonyl (C=O) groups is 1. The van der Waals surface area contributed by atoms with Gasteiger partial charge in [0, 0.05) is 57.6 Å². The van der Waals surface area contributed by atoms with Gasteiger partial charge in [-0.15, -0.1) is 0 Å². The van der Waals surface area contributed by atoms with Crippen molar-refractivity contribution in [1.82, 2.24) is 14.5 Å². The van der Waals surface area contributed by atoms with Crippen LogP contribution in [0.15, 0.2) is 53.3 Å². The van der Waals surface area contributed by atoms with Crippen molar-refractivity contribution in [2.75, 3.05) is 56.2 Å². The molecule has 2 aliphatic rings. The van der Waals surface area contributed by atoms with E-state index < -0.39 is 0 Å². The molecule has 0 saturated carbocycles. The van der Waals surface area contributed by atoms with Gasteiger partial charge in [0.05, 0.1) is 24.1 Å². The lowest BCUT2D eigenvalue weighted by Crippen LogP contribution is -2.53. The van der Waals surface area contributed by atoms with E-state index in [1.54, 1.807) is 11.7 Å². The Hall–Kier alpha value is -3.55. The summed E-state index contributed by atoms with van der Waals surface area (Å²) in [6.07, 6.45) is 1.72. The molecule has 2 fully saturated rings. The van der Waals surface area contributed by atoms with Crippen LogP contribution in [0, 0.1) is 5.92 Å². The lowest BCUT2D eigenvalue weighted by molar-refractivity contribution is -0.136. The minimum Gasteiger partial charge on any atom is -0.497 e. The minimum absolute atomic E-state index is 0.0776. The third-order valence-electron chi connectivity index (χ3n) is 7.23. The Bertz CT molecular complexity index is 1270. The van der Waals surface area contributed by atoms with Gasteiger partial charge in [-0.3, -0.25) is 9.59 Å². The molecule has 3 heterocycles. The number of ether oxygens (including phenoxy) is 1. The first kappa shape index (κ1) is 23.2. The molecule has 1 amide bonds. The molecule has 0 unspecified atom stereocenters. The van der Waals surface area contributed by atoms with E-state index in [4.69, 9.17) is 9.72 Å². The number of aromatic nitrogens is 2. The zero-order chi connectivity index (χ0) is 24.4. The predicted octanol–water partition coefficient (Wildman–Crippen LogP) is 2.99. The normalized spacial score (nSPS) is 18.7. The van der Waals surface area contributed by atoms with E-state index in [0.29, 0.717) is 32.0 Å². The van der Waals surface area contributed by atoms with Crippen molar-refractivity contribution in [2.24, 2.45) is 5.92 Å². The molecule has 0 bridgehead atoms. The molecule has 0 spiro atoms. The molecular formula is C27H33N5O3. The van der Waals surface area contributed by atoms with E-state index in [9.17, 15) is 9.59 Å². The molecule has 1 atom stereocenters. The number of carbonyl (C=O) groups excluding carboxylic acids is 1. The number of hydrogen-bond acceptors (Lipinski definition) is 6. The Labute approximate surface area is 205 Å². The van der Waals surface area contributed by atoms with E-state index in [0.717, 1.165) is 54.9 Å². The fraction of sp³-hybridized carbons (Fsp3) is 0.444. The summed E-state index contributed by atoms with van der Waals surface area (Å²) in [5, 5.41) is 0.